The van der Waals surface area contributed by atoms with Gasteiger partial charge in [0, 0.05) is 23.1 Å². The van der Waals surface area contributed by atoms with Gasteiger partial charge in [0.05, 0.1) is 12.2 Å². The zero-order chi connectivity index (χ0) is 13.8. The van der Waals surface area contributed by atoms with Gasteiger partial charge in [-0.15, -0.1) is 0 Å². The van der Waals surface area contributed by atoms with E-state index in [1.807, 2.05) is 19.1 Å². The molecule has 0 saturated heterocycles. The third kappa shape index (κ3) is 3.22. The topological polar surface area (TPSA) is 94.0 Å². The van der Waals surface area contributed by atoms with Crippen molar-refractivity contribution >= 4 is 17.3 Å². The number of hydrogen-bond donors (Lipinski definition) is 3. The number of carbonyl (C=O) groups excluding carboxylic acids is 1. The molecule has 0 unspecified atom stereocenters. The van der Waals surface area contributed by atoms with Crippen LogP contribution in [0.15, 0.2) is 36.5 Å². The Hall–Kier alpha value is -2.56. The summed E-state index contributed by atoms with van der Waals surface area (Å²) in [5, 5.41) is 2.80. The summed E-state index contributed by atoms with van der Waals surface area (Å²) >= 11 is 0. The molecule has 5 N–H and O–H groups in total. The number of hydrogen-bond acceptors (Lipinski definition) is 4. The van der Waals surface area contributed by atoms with Crippen LogP contribution in [0.1, 0.15) is 21.6 Å². The molecule has 19 heavy (non-hydrogen) atoms. The van der Waals surface area contributed by atoms with E-state index >= 15 is 0 Å². The van der Waals surface area contributed by atoms with Crippen molar-refractivity contribution in [3.63, 3.8) is 0 Å². The van der Waals surface area contributed by atoms with Crippen LogP contribution in [0.3, 0.4) is 0 Å². The summed E-state index contributed by atoms with van der Waals surface area (Å²) < 4.78 is 0. The van der Waals surface area contributed by atoms with Crippen LogP contribution in [-0.2, 0) is 6.54 Å². The number of anilines is 2. The monoisotopic (exact) mass is 256 g/mol. The number of nitrogen functional groups attached to an aromatic ring is 2. The van der Waals surface area contributed by atoms with Gasteiger partial charge in [-0.25, -0.2) is 0 Å². The minimum Gasteiger partial charge on any atom is -0.399 e. The number of rotatable bonds is 3. The zero-order valence-electron chi connectivity index (χ0n) is 10.7. The molecule has 1 heterocycles. The molecule has 1 amide bonds. The molecule has 0 radical (unpaired) electrons. The summed E-state index contributed by atoms with van der Waals surface area (Å²) in [5.41, 5.74) is 14.6. The molecule has 0 fully saturated rings. The van der Waals surface area contributed by atoms with Crippen LogP contribution in [0.25, 0.3) is 0 Å². The lowest BCUT2D eigenvalue weighted by molar-refractivity contribution is 0.0950. The fourth-order valence-corrected chi connectivity index (χ4v) is 1.78. The van der Waals surface area contributed by atoms with Crippen molar-refractivity contribution in [1.82, 2.24) is 10.3 Å². The Labute approximate surface area is 111 Å². The van der Waals surface area contributed by atoms with E-state index in [2.05, 4.69) is 10.3 Å². The molecule has 2 rings (SSSR count). The number of carbonyl (C=O) groups is 1. The number of pyridine rings is 1. The number of benzene rings is 1. The van der Waals surface area contributed by atoms with E-state index in [0.29, 0.717) is 23.5 Å². The molecule has 98 valence electrons. The van der Waals surface area contributed by atoms with Crippen LogP contribution >= 0.6 is 0 Å². The van der Waals surface area contributed by atoms with Crippen molar-refractivity contribution in [2.45, 2.75) is 13.5 Å². The summed E-state index contributed by atoms with van der Waals surface area (Å²) in [7, 11) is 0. The molecule has 0 spiro atoms. The highest BCUT2D eigenvalue weighted by Gasteiger charge is 2.08. The normalized spacial score (nSPS) is 10.2. The van der Waals surface area contributed by atoms with E-state index in [9.17, 15) is 4.79 Å². The van der Waals surface area contributed by atoms with Gasteiger partial charge in [-0.1, -0.05) is 6.07 Å². The number of nitrogens with zero attached hydrogens (tertiary/aromatic N) is 1. The lowest BCUT2D eigenvalue weighted by Crippen LogP contribution is -2.24. The van der Waals surface area contributed by atoms with Gasteiger partial charge >= 0.3 is 0 Å². The first-order chi connectivity index (χ1) is 9.06. The molecular weight excluding hydrogens is 240 g/mol. The Morgan fingerprint density at radius 3 is 2.58 bits per heavy atom. The summed E-state index contributed by atoms with van der Waals surface area (Å²) in [4.78, 5) is 16.2. The van der Waals surface area contributed by atoms with Crippen molar-refractivity contribution in [1.29, 1.82) is 0 Å². The third-order valence-corrected chi connectivity index (χ3v) is 2.77. The largest absolute Gasteiger partial charge is 0.399 e. The van der Waals surface area contributed by atoms with Gasteiger partial charge in [0.1, 0.15) is 0 Å². The maximum absolute atomic E-state index is 12.0. The molecule has 0 atom stereocenters. The number of amides is 1. The van der Waals surface area contributed by atoms with E-state index in [4.69, 9.17) is 11.5 Å². The first-order valence-corrected chi connectivity index (χ1v) is 5.91. The predicted octanol–water partition coefficient (Wildman–Crippen LogP) is 1.48. The first kappa shape index (κ1) is 12.9. The molecule has 2 aromatic rings. The van der Waals surface area contributed by atoms with Crippen LogP contribution in [0.5, 0.6) is 0 Å². The Bertz CT molecular complexity index is 590. The third-order valence-electron chi connectivity index (χ3n) is 2.77. The standard InChI is InChI=1S/C14H16N4O/c1-9-3-2-4-17-13(9)8-18-14(19)10-5-11(15)7-12(16)6-10/h2-7H,8,15-16H2,1H3,(H,18,19). The maximum atomic E-state index is 12.0. The Morgan fingerprint density at radius 1 is 1.26 bits per heavy atom. The van der Waals surface area contributed by atoms with Crippen molar-refractivity contribution in [2.75, 3.05) is 11.5 Å². The van der Waals surface area contributed by atoms with E-state index in [0.717, 1.165) is 11.3 Å². The molecule has 0 aliphatic rings. The van der Waals surface area contributed by atoms with E-state index in [1.54, 1.807) is 24.4 Å². The van der Waals surface area contributed by atoms with Gasteiger partial charge in [0.2, 0.25) is 0 Å². The van der Waals surface area contributed by atoms with E-state index < -0.39 is 0 Å². The fourth-order valence-electron chi connectivity index (χ4n) is 1.78. The van der Waals surface area contributed by atoms with Gasteiger partial charge < -0.3 is 16.8 Å². The second-order valence-corrected chi connectivity index (χ2v) is 4.34. The Balaban J connectivity index is 2.08. The maximum Gasteiger partial charge on any atom is 0.251 e. The number of aryl methyl sites for hydroxylation is 1. The highest BCUT2D eigenvalue weighted by molar-refractivity contribution is 5.96. The van der Waals surface area contributed by atoms with Gasteiger partial charge in [-0.05, 0) is 36.8 Å². The van der Waals surface area contributed by atoms with Gasteiger partial charge in [0.15, 0.2) is 0 Å². The van der Waals surface area contributed by atoms with Gasteiger partial charge in [0.25, 0.3) is 5.91 Å². The SMILES string of the molecule is Cc1cccnc1CNC(=O)c1cc(N)cc(N)c1. The smallest absolute Gasteiger partial charge is 0.251 e. The average molecular weight is 256 g/mol. The van der Waals surface area contributed by atoms with Crippen molar-refractivity contribution < 1.29 is 4.79 Å². The van der Waals surface area contributed by atoms with Crippen LogP contribution in [0.2, 0.25) is 0 Å². The highest BCUT2D eigenvalue weighted by atomic mass is 16.1. The number of aromatic nitrogens is 1. The molecule has 5 heteroatoms. The highest BCUT2D eigenvalue weighted by Crippen LogP contribution is 2.13. The molecule has 1 aromatic heterocycles. The molecule has 0 aliphatic carbocycles. The lowest BCUT2D eigenvalue weighted by Gasteiger charge is -2.08. The molecule has 0 bridgehead atoms. The van der Waals surface area contributed by atoms with Crippen LogP contribution in [0, 0.1) is 6.92 Å². The molecule has 0 saturated carbocycles. The van der Waals surface area contributed by atoms with Crippen LogP contribution in [0.4, 0.5) is 11.4 Å². The summed E-state index contributed by atoms with van der Waals surface area (Å²) in [6.07, 6.45) is 1.70. The van der Waals surface area contributed by atoms with Crippen molar-refractivity contribution in [2.24, 2.45) is 0 Å². The van der Waals surface area contributed by atoms with Crippen LogP contribution in [-0.4, -0.2) is 10.9 Å². The minimum atomic E-state index is -0.218. The molecular formula is C14H16N4O. The number of nitrogens with two attached hydrogens (primary N) is 2. The second kappa shape index (κ2) is 5.39. The lowest BCUT2D eigenvalue weighted by atomic mass is 10.1. The van der Waals surface area contributed by atoms with Crippen LogP contribution < -0.4 is 16.8 Å². The minimum absolute atomic E-state index is 0.218. The fraction of sp³-hybridized carbons (Fsp3) is 0.143. The summed E-state index contributed by atoms with van der Waals surface area (Å²) in [6.45, 7) is 2.33. The molecule has 1 aromatic carbocycles. The number of nitrogens with one attached hydrogen (secondary N) is 1. The van der Waals surface area contributed by atoms with E-state index in [-0.39, 0.29) is 5.91 Å². The van der Waals surface area contributed by atoms with Crippen molar-refractivity contribution in [3.8, 4) is 0 Å². The van der Waals surface area contributed by atoms with Gasteiger partial charge in [-0.3, -0.25) is 9.78 Å². The Kier molecular flexibility index (Phi) is 3.66. The van der Waals surface area contributed by atoms with E-state index in [1.165, 1.54) is 0 Å². The second-order valence-electron chi connectivity index (χ2n) is 4.34. The van der Waals surface area contributed by atoms with Gasteiger partial charge in [-0.2, -0.15) is 0 Å². The first-order valence-electron chi connectivity index (χ1n) is 5.91. The quantitative estimate of drug-likeness (QED) is 0.725. The summed E-state index contributed by atoms with van der Waals surface area (Å²) in [6, 6.07) is 8.61. The predicted molar refractivity (Wildman–Crippen MR) is 75.4 cm³/mol. The van der Waals surface area contributed by atoms with Crippen molar-refractivity contribution in [3.05, 3.63) is 53.3 Å². The average Bonchev–Trinajstić information content (AvgIpc) is 2.36. The molecule has 0 aliphatic heterocycles. The molecule has 5 nitrogen and oxygen atoms in total. The summed E-state index contributed by atoms with van der Waals surface area (Å²) in [5.74, 6) is -0.218. The zero-order valence-corrected chi connectivity index (χ0v) is 10.7. The Morgan fingerprint density at radius 2 is 1.95 bits per heavy atom.